The van der Waals surface area contributed by atoms with Gasteiger partial charge in [0, 0.05) is 39.2 Å². The Hall–Kier alpha value is -1.46. The molecule has 110 valence electrons. The van der Waals surface area contributed by atoms with Crippen LogP contribution in [0.1, 0.15) is 24.8 Å². The Bertz CT molecular complexity index is 438. The van der Waals surface area contributed by atoms with Gasteiger partial charge < -0.3 is 9.84 Å². The summed E-state index contributed by atoms with van der Waals surface area (Å²) in [5, 5.41) is 9.60. The molecule has 1 fully saturated rings. The summed E-state index contributed by atoms with van der Waals surface area (Å²) >= 11 is 0. The van der Waals surface area contributed by atoms with E-state index in [2.05, 4.69) is 9.88 Å². The average molecular weight is 278 g/mol. The number of carbonyl (C=O) groups is 1. The summed E-state index contributed by atoms with van der Waals surface area (Å²) in [6.45, 7) is 2.78. The van der Waals surface area contributed by atoms with Gasteiger partial charge in [0.05, 0.1) is 5.41 Å². The molecule has 2 rings (SSSR count). The van der Waals surface area contributed by atoms with E-state index >= 15 is 0 Å². The van der Waals surface area contributed by atoms with Gasteiger partial charge in [-0.15, -0.1) is 0 Å². The van der Waals surface area contributed by atoms with Crippen molar-refractivity contribution in [3.63, 3.8) is 0 Å². The number of methoxy groups -OCH3 is 1. The molecule has 1 aliphatic heterocycles. The Kier molecular flexibility index (Phi) is 5.09. The standard InChI is InChI=1S/C15H22N2O3/c1-20-9-6-15(14(18)19)5-3-8-17(12-15)11-13-4-2-7-16-10-13/h2,4,7,10H,3,5-6,8-9,11-12H2,1H3,(H,18,19)/t15-/m0/s1. The largest absolute Gasteiger partial charge is 0.481 e. The van der Waals surface area contributed by atoms with Crippen molar-refractivity contribution < 1.29 is 14.6 Å². The van der Waals surface area contributed by atoms with Crippen LogP contribution >= 0.6 is 0 Å². The molecular weight excluding hydrogens is 256 g/mol. The predicted octanol–water partition coefficient (Wildman–Crippen LogP) is 1.78. The number of carboxylic acids is 1. The fourth-order valence-electron chi connectivity index (χ4n) is 2.89. The van der Waals surface area contributed by atoms with Crippen LogP contribution in [0, 0.1) is 5.41 Å². The van der Waals surface area contributed by atoms with E-state index in [0.29, 0.717) is 19.6 Å². The van der Waals surface area contributed by atoms with Crippen molar-refractivity contribution in [1.82, 2.24) is 9.88 Å². The maximum Gasteiger partial charge on any atom is 0.311 e. The van der Waals surface area contributed by atoms with Gasteiger partial charge in [-0.3, -0.25) is 14.7 Å². The molecule has 0 radical (unpaired) electrons. The molecule has 1 atom stereocenters. The first kappa shape index (κ1) is 14.9. The van der Waals surface area contributed by atoms with Crippen LogP contribution in [-0.2, 0) is 16.1 Å². The second kappa shape index (κ2) is 6.81. The van der Waals surface area contributed by atoms with E-state index in [1.807, 2.05) is 18.3 Å². The van der Waals surface area contributed by atoms with E-state index in [4.69, 9.17) is 4.74 Å². The molecule has 0 spiro atoms. The third kappa shape index (κ3) is 3.55. The SMILES string of the molecule is COCC[C@@]1(C(=O)O)CCCN(Cc2cccnc2)C1. The van der Waals surface area contributed by atoms with Gasteiger partial charge in [-0.2, -0.15) is 0 Å². The van der Waals surface area contributed by atoms with E-state index in [1.165, 1.54) is 0 Å². The lowest BCUT2D eigenvalue weighted by molar-refractivity contribution is -0.154. The molecule has 0 aromatic carbocycles. The third-order valence-corrected chi connectivity index (χ3v) is 4.02. The van der Waals surface area contributed by atoms with Crippen molar-refractivity contribution >= 4 is 5.97 Å². The zero-order chi connectivity index (χ0) is 14.4. The highest BCUT2D eigenvalue weighted by Gasteiger charge is 2.41. The van der Waals surface area contributed by atoms with Crippen LogP contribution < -0.4 is 0 Å². The number of ether oxygens (including phenoxy) is 1. The van der Waals surface area contributed by atoms with E-state index in [9.17, 15) is 9.90 Å². The van der Waals surface area contributed by atoms with Gasteiger partial charge in [-0.25, -0.2) is 0 Å². The van der Waals surface area contributed by atoms with Gasteiger partial charge in [0.15, 0.2) is 0 Å². The lowest BCUT2D eigenvalue weighted by Crippen LogP contribution is -2.48. The van der Waals surface area contributed by atoms with Crippen LogP contribution in [0.15, 0.2) is 24.5 Å². The van der Waals surface area contributed by atoms with Crippen molar-refractivity contribution in [3.05, 3.63) is 30.1 Å². The van der Waals surface area contributed by atoms with Crippen molar-refractivity contribution in [2.45, 2.75) is 25.8 Å². The van der Waals surface area contributed by atoms with Crippen LogP contribution in [0.25, 0.3) is 0 Å². The van der Waals surface area contributed by atoms with Crippen LogP contribution in [0.5, 0.6) is 0 Å². The number of rotatable bonds is 6. The summed E-state index contributed by atoms with van der Waals surface area (Å²) in [4.78, 5) is 18.0. The monoisotopic (exact) mass is 278 g/mol. The summed E-state index contributed by atoms with van der Waals surface area (Å²) in [7, 11) is 1.62. The summed E-state index contributed by atoms with van der Waals surface area (Å²) in [5.41, 5.74) is 0.455. The summed E-state index contributed by atoms with van der Waals surface area (Å²) in [6.07, 6.45) is 5.81. The zero-order valence-electron chi connectivity index (χ0n) is 11.9. The maximum absolute atomic E-state index is 11.7. The quantitative estimate of drug-likeness (QED) is 0.859. The van der Waals surface area contributed by atoms with Crippen LogP contribution in [0.3, 0.4) is 0 Å². The summed E-state index contributed by atoms with van der Waals surface area (Å²) in [6, 6.07) is 3.94. The Morgan fingerprint density at radius 2 is 2.45 bits per heavy atom. The predicted molar refractivity (Wildman–Crippen MR) is 75.3 cm³/mol. The molecule has 0 saturated carbocycles. The second-order valence-electron chi connectivity index (χ2n) is 5.50. The van der Waals surface area contributed by atoms with Gasteiger partial charge in [0.1, 0.15) is 0 Å². The minimum absolute atomic E-state index is 0.493. The highest BCUT2D eigenvalue weighted by atomic mass is 16.5. The minimum atomic E-state index is -0.703. The summed E-state index contributed by atoms with van der Waals surface area (Å²) in [5.74, 6) is -0.703. The normalized spacial score (nSPS) is 23.6. The molecule has 5 heteroatoms. The van der Waals surface area contributed by atoms with E-state index in [-0.39, 0.29) is 0 Å². The molecule has 0 unspecified atom stereocenters. The molecule has 1 saturated heterocycles. The van der Waals surface area contributed by atoms with E-state index in [0.717, 1.165) is 31.5 Å². The van der Waals surface area contributed by atoms with E-state index in [1.54, 1.807) is 13.3 Å². The van der Waals surface area contributed by atoms with Crippen molar-refractivity contribution in [2.75, 3.05) is 26.8 Å². The number of carboxylic acid groups (broad SMARTS) is 1. The number of pyridine rings is 1. The molecule has 2 heterocycles. The van der Waals surface area contributed by atoms with Gasteiger partial charge in [0.25, 0.3) is 0 Å². The fourth-order valence-corrected chi connectivity index (χ4v) is 2.89. The Morgan fingerprint density at radius 3 is 3.10 bits per heavy atom. The number of nitrogens with zero attached hydrogens (tertiary/aromatic N) is 2. The molecule has 1 aliphatic rings. The number of piperidine rings is 1. The topological polar surface area (TPSA) is 62.7 Å². The first-order valence-electron chi connectivity index (χ1n) is 7.00. The first-order valence-corrected chi connectivity index (χ1v) is 7.00. The lowest BCUT2D eigenvalue weighted by atomic mass is 9.77. The van der Waals surface area contributed by atoms with Crippen molar-refractivity contribution in [2.24, 2.45) is 5.41 Å². The van der Waals surface area contributed by atoms with Crippen LogP contribution in [0.4, 0.5) is 0 Å². The molecule has 20 heavy (non-hydrogen) atoms. The Morgan fingerprint density at radius 1 is 1.60 bits per heavy atom. The first-order chi connectivity index (χ1) is 9.66. The third-order valence-electron chi connectivity index (χ3n) is 4.02. The molecule has 1 aromatic rings. The number of likely N-dealkylation sites (tertiary alicyclic amines) is 1. The number of aliphatic carboxylic acids is 1. The highest BCUT2D eigenvalue weighted by Crippen LogP contribution is 2.34. The molecule has 0 amide bonds. The lowest BCUT2D eigenvalue weighted by Gasteiger charge is -2.39. The average Bonchev–Trinajstić information content (AvgIpc) is 2.46. The van der Waals surface area contributed by atoms with E-state index < -0.39 is 11.4 Å². The molecule has 1 N–H and O–H groups in total. The van der Waals surface area contributed by atoms with Crippen molar-refractivity contribution in [3.8, 4) is 0 Å². The van der Waals surface area contributed by atoms with Crippen LogP contribution in [-0.4, -0.2) is 47.8 Å². The molecule has 0 bridgehead atoms. The zero-order valence-corrected chi connectivity index (χ0v) is 11.9. The molecule has 1 aromatic heterocycles. The van der Waals surface area contributed by atoms with Gasteiger partial charge in [0.2, 0.25) is 0 Å². The summed E-state index contributed by atoms with van der Waals surface area (Å²) < 4.78 is 5.08. The van der Waals surface area contributed by atoms with Crippen molar-refractivity contribution in [1.29, 1.82) is 0 Å². The molecule has 5 nitrogen and oxygen atoms in total. The Labute approximate surface area is 119 Å². The maximum atomic E-state index is 11.7. The second-order valence-corrected chi connectivity index (χ2v) is 5.50. The van der Waals surface area contributed by atoms with Gasteiger partial charge in [-0.05, 0) is 37.4 Å². The number of hydrogen-bond acceptors (Lipinski definition) is 4. The Balaban J connectivity index is 2.04. The van der Waals surface area contributed by atoms with Gasteiger partial charge in [-0.1, -0.05) is 6.07 Å². The smallest absolute Gasteiger partial charge is 0.311 e. The fraction of sp³-hybridized carbons (Fsp3) is 0.600. The number of hydrogen-bond donors (Lipinski definition) is 1. The highest BCUT2D eigenvalue weighted by molar-refractivity contribution is 5.75. The minimum Gasteiger partial charge on any atom is -0.481 e. The van der Waals surface area contributed by atoms with Gasteiger partial charge >= 0.3 is 5.97 Å². The molecular formula is C15H22N2O3. The number of aromatic nitrogens is 1. The van der Waals surface area contributed by atoms with Crippen LogP contribution in [0.2, 0.25) is 0 Å². The molecule has 0 aliphatic carbocycles.